The van der Waals surface area contributed by atoms with E-state index in [9.17, 15) is 38.7 Å². The second-order valence-corrected chi connectivity index (χ2v) is 12.3. The van der Waals surface area contributed by atoms with Gasteiger partial charge in [0.15, 0.2) is 0 Å². The maximum Gasteiger partial charge on any atom is 0.374 e. The van der Waals surface area contributed by atoms with Crippen LogP contribution in [0.5, 0.6) is 0 Å². The molecule has 278 valence electrons. The maximum atomic E-state index is 13.3. The second-order valence-electron chi connectivity index (χ2n) is 11.9. The van der Waals surface area contributed by atoms with Crippen LogP contribution in [0.25, 0.3) is 11.1 Å². The first kappa shape index (κ1) is 42.3. The summed E-state index contributed by atoms with van der Waals surface area (Å²) in [5.41, 5.74) is 13.2. The Morgan fingerprint density at radius 2 is 1.18 bits per heavy atom. The smallest absolute Gasteiger partial charge is 0.374 e. The van der Waals surface area contributed by atoms with Gasteiger partial charge in [0, 0.05) is 10.6 Å². The molecule has 0 saturated carbocycles. The molecule has 51 heavy (non-hydrogen) atoms. The number of nitrogens with two attached hydrogens (primary N) is 2. The molecule has 0 spiro atoms. The number of aliphatic hydroxyl groups excluding tert-OH is 1. The Labute approximate surface area is 300 Å². The van der Waals surface area contributed by atoms with Crippen LogP contribution in [0.15, 0.2) is 48.5 Å². The van der Waals surface area contributed by atoms with E-state index in [0.717, 1.165) is 11.1 Å². The van der Waals surface area contributed by atoms with Crippen LogP contribution in [0, 0.1) is 0 Å². The third-order valence-electron chi connectivity index (χ3n) is 7.76. The van der Waals surface area contributed by atoms with Gasteiger partial charge in [-0.1, -0.05) is 35.9 Å². The molecule has 17 heteroatoms. The summed E-state index contributed by atoms with van der Waals surface area (Å²) >= 11 is 5.95. The molecule has 0 fully saturated rings. The van der Waals surface area contributed by atoms with Crippen molar-refractivity contribution < 1.29 is 43.8 Å². The van der Waals surface area contributed by atoms with Gasteiger partial charge in [-0.25, -0.2) is 4.79 Å². The van der Waals surface area contributed by atoms with Crippen molar-refractivity contribution in [1.29, 1.82) is 0 Å². The lowest BCUT2D eigenvalue weighted by Crippen LogP contribution is -2.60. The lowest BCUT2D eigenvalue weighted by atomic mass is 10.0. The Morgan fingerprint density at radius 3 is 1.71 bits per heavy atom. The van der Waals surface area contributed by atoms with E-state index >= 15 is 0 Å². The van der Waals surface area contributed by atoms with Gasteiger partial charge in [-0.3, -0.25) is 28.8 Å². The summed E-state index contributed by atoms with van der Waals surface area (Å²) in [5.74, 6) is -6.96. The SMILES string of the molecule is CC(NC(=O)C(NC(=O)C(CCN)NC(=O)c1ccc(-c2ccc(Cl)cc2)cc1)C(C)O)C(=O)NC(CCCCN)C(=O)NC(C)C(=O)C(=O)O. The molecule has 0 heterocycles. The molecule has 0 bridgehead atoms. The van der Waals surface area contributed by atoms with Crippen LogP contribution >= 0.6 is 11.6 Å². The minimum Gasteiger partial charge on any atom is -0.475 e. The minimum absolute atomic E-state index is 0.000111. The minimum atomic E-state index is -1.74. The first-order valence-corrected chi connectivity index (χ1v) is 16.7. The summed E-state index contributed by atoms with van der Waals surface area (Å²) in [6.07, 6.45) is -0.439. The number of carboxylic acids is 1. The molecular weight excluding hydrogens is 686 g/mol. The first-order chi connectivity index (χ1) is 24.1. The van der Waals surface area contributed by atoms with E-state index in [1.54, 1.807) is 36.4 Å². The summed E-state index contributed by atoms with van der Waals surface area (Å²) < 4.78 is 0. The van der Waals surface area contributed by atoms with Gasteiger partial charge in [0.2, 0.25) is 23.6 Å². The molecule has 0 aliphatic heterocycles. The van der Waals surface area contributed by atoms with Crippen molar-refractivity contribution >= 4 is 52.9 Å². The molecule has 0 radical (unpaired) electrons. The van der Waals surface area contributed by atoms with E-state index in [1.165, 1.54) is 20.8 Å². The lowest BCUT2D eigenvalue weighted by molar-refractivity contribution is -0.150. The molecule has 6 atom stereocenters. The number of nitrogens with one attached hydrogen (secondary N) is 5. The Hall–Kier alpha value is -4.90. The quantitative estimate of drug-likeness (QED) is 0.0624. The van der Waals surface area contributed by atoms with Crippen molar-refractivity contribution in [3.05, 3.63) is 59.1 Å². The van der Waals surface area contributed by atoms with E-state index in [0.29, 0.717) is 24.4 Å². The van der Waals surface area contributed by atoms with Crippen molar-refractivity contribution in [2.75, 3.05) is 13.1 Å². The zero-order valence-corrected chi connectivity index (χ0v) is 29.4. The highest BCUT2D eigenvalue weighted by molar-refractivity contribution is 6.35. The fraction of sp³-hybridized carbons (Fsp3) is 0.441. The van der Waals surface area contributed by atoms with Gasteiger partial charge in [-0.15, -0.1) is 0 Å². The highest BCUT2D eigenvalue weighted by Gasteiger charge is 2.33. The highest BCUT2D eigenvalue weighted by Crippen LogP contribution is 2.22. The molecule has 6 unspecified atom stereocenters. The van der Waals surface area contributed by atoms with Crippen LogP contribution in [-0.2, 0) is 28.8 Å². The topological polar surface area (TPSA) is 272 Å². The molecule has 2 aromatic carbocycles. The number of rotatable bonds is 20. The van der Waals surface area contributed by atoms with Crippen molar-refractivity contribution in [1.82, 2.24) is 26.6 Å². The number of carbonyl (C=O) groups is 7. The van der Waals surface area contributed by atoms with E-state index in [2.05, 4.69) is 26.6 Å². The molecule has 2 aromatic rings. The van der Waals surface area contributed by atoms with Gasteiger partial charge < -0.3 is 48.3 Å². The molecule has 0 saturated heterocycles. The standard InChI is InChI=1S/C34H46ClN7O9/c1-18(28(44)34(50)51)38-31(47)25(6-4-5-16-36)40-29(45)19(2)39-33(49)27(20(3)43)42-32(48)26(15-17-37)41-30(46)23-9-7-21(8-10-23)22-11-13-24(35)14-12-22/h7-14,18-20,25-27,43H,4-6,15-17,36-37H2,1-3H3,(H,38,47)(H,39,49)(H,40,45)(H,41,46)(H,42,48)(H,50,51). The number of amides is 5. The summed E-state index contributed by atoms with van der Waals surface area (Å²) in [5, 5.41) is 32.0. The normalized spacial score (nSPS) is 14.4. The van der Waals surface area contributed by atoms with Crippen molar-refractivity contribution in [2.24, 2.45) is 11.5 Å². The first-order valence-electron chi connectivity index (χ1n) is 16.3. The highest BCUT2D eigenvalue weighted by atomic mass is 35.5. The Morgan fingerprint density at radius 1 is 0.647 bits per heavy atom. The number of aliphatic carboxylic acids is 1. The summed E-state index contributed by atoms with van der Waals surface area (Å²) in [4.78, 5) is 88.0. The molecule has 0 aliphatic rings. The van der Waals surface area contributed by atoms with Gasteiger partial charge >= 0.3 is 5.97 Å². The van der Waals surface area contributed by atoms with Crippen LogP contribution < -0.4 is 38.1 Å². The number of Topliss-reactive ketones (excluding diaryl/α,β-unsaturated/α-hetero) is 1. The van der Waals surface area contributed by atoms with E-state index in [1.807, 2.05) is 12.1 Å². The van der Waals surface area contributed by atoms with Crippen molar-refractivity contribution in [3.63, 3.8) is 0 Å². The van der Waals surface area contributed by atoms with Gasteiger partial charge in [0.1, 0.15) is 24.2 Å². The molecular formula is C34H46ClN7O9. The number of halogens is 1. The fourth-order valence-corrected chi connectivity index (χ4v) is 4.91. The molecule has 2 rings (SSSR count). The third-order valence-corrected chi connectivity index (χ3v) is 8.01. The number of carboxylic acid groups (broad SMARTS) is 1. The third kappa shape index (κ3) is 13.4. The van der Waals surface area contributed by atoms with Crippen LogP contribution in [0.2, 0.25) is 5.02 Å². The van der Waals surface area contributed by atoms with Crippen LogP contribution in [0.3, 0.4) is 0 Å². The van der Waals surface area contributed by atoms with Crippen molar-refractivity contribution in [3.8, 4) is 11.1 Å². The fourth-order valence-electron chi connectivity index (χ4n) is 4.78. The molecule has 5 amide bonds. The van der Waals surface area contributed by atoms with Crippen molar-refractivity contribution in [2.45, 2.75) is 82.8 Å². The van der Waals surface area contributed by atoms with Gasteiger partial charge in [0.25, 0.3) is 11.7 Å². The number of aliphatic hydroxyl groups is 1. The summed E-state index contributed by atoms with van der Waals surface area (Å²) in [7, 11) is 0. The average molecular weight is 732 g/mol. The number of benzene rings is 2. The molecule has 16 nitrogen and oxygen atoms in total. The number of unbranched alkanes of at least 4 members (excludes halogenated alkanes) is 1. The van der Waals surface area contributed by atoms with Crippen LogP contribution in [-0.4, -0.2) is 101 Å². The predicted octanol–water partition coefficient (Wildman–Crippen LogP) is -0.403. The monoisotopic (exact) mass is 731 g/mol. The Kier molecular flexibility index (Phi) is 17.2. The Bertz CT molecular complexity index is 1540. The summed E-state index contributed by atoms with van der Waals surface area (Å²) in [6.45, 7) is 4.04. The number of ketones is 1. The summed E-state index contributed by atoms with van der Waals surface area (Å²) in [6, 6.07) is 7.18. The molecule has 0 aromatic heterocycles. The molecule has 0 aliphatic carbocycles. The van der Waals surface area contributed by atoms with E-state index in [-0.39, 0.29) is 24.9 Å². The van der Waals surface area contributed by atoms with Gasteiger partial charge in [0.05, 0.1) is 12.1 Å². The number of carbonyl (C=O) groups excluding carboxylic acids is 6. The second kappa shape index (κ2) is 20.7. The largest absolute Gasteiger partial charge is 0.475 e. The zero-order valence-electron chi connectivity index (χ0n) is 28.6. The van der Waals surface area contributed by atoms with Gasteiger partial charge in [-0.05, 0) is 94.9 Å². The lowest BCUT2D eigenvalue weighted by Gasteiger charge is -2.26. The Balaban J connectivity index is 2.08. The van der Waals surface area contributed by atoms with E-state index in [4.69, 9.17) is 28.2 Å². The number of hydrogen-bond donors (Lipinski definition) is 9. The zero-order chi connectivity index (χ0) is 38.2. The van der Waals surface area contributed by atoms with E-state index < -0.39 is 77.6 Å². The van der Waals surface area contributed by atoms with Crippen LogP contribution in [0.1, 0.15) is 56.8 Å². The predicted molar refractivity (Wildman–Crippen MR) is 188 cm³/mol. The van der Waals surface area contributed by atoms with Crippen LogP contribution in [0.4, 0.5) is 0 Å². The molecule has 11 N–H and O–H groups in total. The van der Waals surface area contributed by atoms with Gasteiger partial charge in [-0.2, -0.15) is 0 Å². The maximum absolute atomic E-state index is 13.3. The number of hydrogen-bond acceptors (Lipinski definition) is 10. The average Bonchev–Trinajstić information content (AvgIpc) is 3.09.